The van der Waals surface area contributed by atoms with E-state index in [-0.39, 0.29) is 5.92 Å². The third-order valence-electron chi connectivity index (χ3n) is 1.07. The molecule has 0 unspecified atom stereocenters. The van der Waals surface area contributed by atoms with Crippen LogP contribution in [-0.4, -0.2) is 22.0 Å². The fourth-order valence-electron chi connectivity index (χ4n) is 0.363. The van der Waals surface area contributed by atoms with Gasteiger partial charge in [-0.05, 0) is 0 Å². The van der Waals surface area contributed by atoms with Crippen molar-refractivity contribution in [2.24, 2.45) is 5.92 Å². The molecule has 0 aromatic heterocycles. The van der Waals surface area contributed by atoms with Gasteiger partial charge in [-0.3, -0.25) is 4.79 Å². The molecule has 0 radical (unpaired) electrons. The lowest BCUT2D eigenvalue weighted by Gasteiger charge is -1.96. The van der Waals surface area contributed by atoms with Crippen LogP contribution in [0.4, 0.5) is 0 Å². The average Bonchev–Trinajstić information content (AvgIpc) is 1.87. The molecule has 0 aliphatic rings. The molecule has 0 aliphatic heterocycles. The predicted molar refractivity (Wildman–Crippen MR) is 38.2 cm³/mol. The monoisotopic (exact) mass is 158 g/mol. The van der Waals surface area contributed by atoms with E-state index < -0.39 is 17.5 Å². The van der Waals surface area contributed by atoms with E-state index in [1.165, 1.54) is 0 Å². The highest BCUT2D eigenvalue weighted by atomic mass is 16.4. The normalized spacial score (nSPS) is 11.7. The van der Waals surface area contributed by atoms with Crippen LogP contribution in [0.1, 0.15) is 13.8 Å². The van der Waals surface area contributed by atoms with Crippen LogP contribution in [0.25, 0.3) is 0 Å². The van der Waals surface area contributed by atoms with E-state index in [2.05, 4.69) is 0 Å². The Morgan fingerprint density at radius 2 is 1.73 bits per heavy atom. The summed E-state index contributed by atoms with van der Waals surface area (Å²) in [5.41, 5.74) is 0. The molecule has 0 atom stereocenters. The van der Waals surface area contributed by atoms with Crippen molar-refractivity contribution in [1.29, 1.82) is 0 Å². The van der Waals surface area contributed by atoms with Crippen LogP contribution in [-0.2, 0) is 9.59 Å². The van der Waals surface area contributed by atoms with Crippen molar-refractivity contribution < 1.29 is 19.8 Å². The molecule has 4 heteroatoms. The summed E-state index contributed by atoms with van der Waals surface area (Å²) in [5, 5.41) is 16.7. The largest absolute Gasteiger partial charge is 0.502 e. The molecule has 4 nitrogen and oxygen atoms in total. The van der Waals surface area contributed by atoms with Gasteiger partial charge in [-0.15, -0.1) is 0 Å². The van der Waals surface area contributed by atoms with Crippen LogP contribution in [0.5, 0.6) is 0 Å². The number of carboxylic acid groups (broad SMARTS) is 1. The molecule has 62 valence electrons. The van der Waals surface area contributed by atoms with Gasteiger partial charge in [0.1, 0.15) is 0 Å². The average molecular weight is 158 g/mol. The van der Waals surface area contributed by atoms with Gasteiger partial charge in [-0.2, -0.15) is 0 Å². The Hall–Kier alpha value is -1.32. The molecular weight excluding hydrogens is 148 g/mol. The zero-order chi connectivity index (χ0) is 9.02. The first kappa shape index (κ1) is 9.68. The van der Waals surface area contributed by atoms with E-state index in [4.69, 9.17) is 10.2 Å². The van der Waals surface area contributed by atoms with Gasteiger partial charge in [-0.1, -0.05) is 13.8 Å². The highest BCUT2D eigenvalue weighted by Crippen LogP contribution is 1.98. The third-order valence-corrected chi connectivity index (χ3v) is 1.07. The maximum Gasteiger partial charge on any atom is 0.371 e. The van der Waals surface area contributed by atoms with Gasteiger partial charge in [0.05, 0.1) is 0 Å². The molecule has 0 fully saturated rings. The molecule has 0 saturated heterocycles. The number of rotatable bonds is 3. The minimum absolute atomic E-state index is 0.295. The molecule has 0 spiro atoms. The number of aliphatic hydroxyl groups excluding tert-OH is 1. The highest BCUT2D eigenvalue weighted by Gasteiger charge is 2.09. The molecule has 0 saturated carbocycles. The van der Waals surface area contributed by atoms with Gasteiger partial charge in [0.15, 0.2) is 5.78 Å². The van der Waals surface area contributed by atoms with E-state index >= 15 is 0 Å². The second-order valence-electron chi connectivity index (χ2n) is 2.39. The maximum atomic E-state index is 10.8. The minimum atomic E-state index is -1.49. The van der Waals surface area contributed by atoms with Crippen LogP contribution in [0.15, 0.2) is 11.8 Å². The van der Waals surface area contributed by atoms with E-state index in [9.17, 15) is 9.59 Å². The summed E-state index contributed by atoms with van der Waals surface area (Å²) in [6.45, 7) is 3.24. The molecule has 0 aromatic carbocycles. The zero-order valence-electron chi connectivity index (χ0n) is 6.37. The highest BCUT2D eigenvalue weighted by molar-refractivity contribution is 5.98. The summed E-state index contributed by atoms with van der Waals surface area (Å²) in [6, 6.07) is 0. The van der Waals surface area contributed by atoms with Gasteiger partial charge in [0.25, 0.3) is 0 Å². The first-order valence-electron chi connectivity index (χ1n) is 3.13. The van der Waals surface area contributed by atoms with Crippen molar-refractivity contribution >= 4 is 11.8 Å². The SMILES string of the molecule is CC(C)C(=O)C=C(O)C(=O)O. The van der Waals surface area contributed by atoms with E-state index in [1.54, 1.807) is 13.8 Å². The van der Waals surface area contributed by atoms with Crippen LogP contribution in [0.2, 0.25) is 0 Å². The number of allylic oxidation sites excluding steroid dienone is 1. The molecule has 0 heterocycles. The van der Waals surface area contributed by atoms with E-state index in [0.29, 0.717) is 6.08 Å². The summed E-state index contributed by atoms with van der Waals surface area (Å²) in [4.78, 5) is 20.7. The van der Waals surface area contributed by atoms with Crippen molar-refractivity contribution in [1.82, 2.24) is 0 Å². The Morgan fingerprint density at radius 1 is 1.27 bits per heavy atom. The summed E-state index contributed by atoms with van der Waals surface area (Å²) in [6.07, 6.45) is 0.715. The number of aliphatic carboxylic acids is 1. The second-order valence-corrected chi connectivity index (χ2v) is 2.39. The second kappa shape index (κ2) is 3.75. The molecule has 0 rings (SSSR count). The smallest absolute Gasteiger partial charge is 0.371 e. The van der Waals surface area contributed by atoms with E-state index in [1.807, 2.05) is 0 Å². The molecule has 0 amide bonds. The summed E-state index contributed by atoms with van der Waals surface area (Å²) >= 11 is 0. The zero-order valence-corrected chi connectivity index (χ0v) is 6.37. The number of aliphatic hydroxyl groups is 1. The Kier molecular flexibility index (Phi) is 3.30. The van der Waals surface area contributed by atoms with Crippen molar-refractivity contribution in [3.05, 3.63) is 11.8 Å². The first-order valence-corrected chi connectivity index (χ1v) is 3.13. The topological polar surface area (TPSA) is 74.6 Å². The van der Waals surface area contributed by atoms with Crippen LogP contribution in [0.3, 0.4) is 0 Å². The van der Waals surface area contributed by atoms with Gasteiger partial charge in [0.2, 0.25) is 5.76 Å². The minimum Gasteiger partial charge on any atom is -0.502 e. The van der Waals surface area contributed by atoms with Crippen molar-refractivity contribution in [3.8, 4) is 0 Å². The maximum absolute atomic E-state index is 10.8. The summed E-state index contributed by atoms with van der Waals surface area (Å²) in [5.74, 6) is -3.09. The van der Waals surface area contributed by atoms with Gasteiger partial charge in [0, 0.05) is 12.0 Å². The Bertz CT molecular complexity index is 202. The van der Waals surface area contributed by atoms with Crippen molar-refractivity contribution in [3.63, 3.8) is 0 Å². The molecule has 11 heavy (non-hydrogen) atoms. The lowest BCUT2D eigenvalue weighted by molar-refractivity contribution is -0.136. The summed E-state index contributed by atoms with van der Waals surface area (Å²) in [7, 11) is 0. The molecular formula is C7H10O4. The van der Waals surface area contributed by atoms with Crippen LogP contribution in [0, 0.1) is 5.92 Å². The predicted octanol–water partition coefficient (Wildman–Crippen LogP) is 0.738. The Balaban J connectivity index is 4.32. The number of carboxylic acids is 1. The van der Waals surface area contributed by atoms with Gasteiger partial charge < -0.3 is 10.2 Å². The lowest BCUT2D eigenvalue weighted by Crippen LogP contribution is -2.07. The number of hydrogen-bond acceptors (Lipinski definition) is 3. The van der Waals surface area contributed by atoms with Crippen LogP contribution < -0.4 is 0 Å². The summed E-state index contributed by atoms with van der Waals surface area (Å²) < 4.78 is 0. The van der Waals surface area contributed by atoms with Crippen LogP contribution >= 0.6 is 0 Å². The van der Waals surface area contributed by atoms with Gasteiger partial charge >= 0.3 is 5.97 Å². The van der Waals surface area contributed by atoms with Gasteiger partial charge in [-0.25, -0.2) is 4.79 Å². The molecule has 2 N–H and O–H groups in total. The fraction of sp³-hybridized carbons (Fsp3) is 0.429. The molecule has 0 aromatic rings. The lowest BCUT2D eigenvalue weighted by atomic mass is 10.1. The third kappa shape index (κ3) is 3.40. The Morgan fingerprint density at radius 3 is 2.00 bits per heavy atom. The Labute approximate surface area is 64.2 Å². The first-order chi connectivity index (χ1) is 4.95. The van der Waals surface area contributed by atoms with E-state index in [0.717, 1.165) is 0 Å². The van der Waals surface area contributed by atoms with Crippen molar-refractivity contribution in [2.45, 2.75) is 13.8 Å². The standard InChI is InChI=1S/C7H10O4/c1-4(2)5(8)3-6(9)7(10)11/h3-4,9H,1-2H3,(H,10,11). The molecule has 0 aliphatic carbocycles. The number of ketones is 1. The molecule has 0 bridgehead atoms. The fourth-order valence-corrected chi connectivity index (χ4v) is 0.363. The quantitative estimate of drug-likeness (QED) is 0.469. The number of hydrogen-bond donors (Lipinski definition) is 2. The number of carbonyl (C=O) groups is 2. The number of carbonyl (C=O) groups excluding carboxylic acids is 1. The van der Waals surface area contributed by atoms with Crippen molar-refractivity contribution in [2.75, 3.05) is 0 Å².